The number of halogens is 4. The van der Waals surface area contributed by atoms with Crippen molar-refractivity contribution in [3.05, 3.63) is 0 Å². The molecule has 1 fully saturated rings. The van der Waals surface area contributed by atoms with Crippen LogP contribution < -0.4 is 0 Å². The van der Waals surface area contributed by atoms with E-state index in [1.54, 1.807) is 0 Å². The van der Waals surface area contributed by atoms with Crippen molar-refractivity contribution in [2.75, 3.05) is 0 Å². The fraction of sp³-hybridized carbons (Fsp3) is 1.00. The first-order valence-corrected chi connectivity index (χ1v) is 5.21. The van der Waals surface area contributed by atoms with Crippen molar-refractivity contribution in [3.8, 4) is 0 Å². The van der Waals surface area contributed by atoms with Gasteiger partial charge in [0.2, 0.25) is 0 Å². The van der Waals surface area contributed by atoms with Gasteiger partial charge in [0, 0.05) is 4.83 Å². The maximum Gasteiger partial charge on any atom is 0.414 e. The summed E-state index contributed by atoms with van der Waals surface area (Å²) in [6, 6.07) is 0. The third kappa shape index (κ3) is 3.13. The molecule has 1 unspecified atom stereocenters. The van der Waals surface area contributed by atoms with Crippen LogP contribution in [0.25, 0.3) is 0 Å². The lowest BCUT2D eigenvalue weighted by molar-refractivity contribution is -0.221. The van der Waals surface area contributed by atoms with Gasteiger partial charge in [-0.15, -0.1) is 0 Å². The van der Waals surface area contributed by atoms with Gasteiger partial charge >= 0.3 is 6.18 Å². The van der Waals surface area contributed by atoms with E-state index < -0.39 is 18.2 Å². The predicted molar refractivity (Wildman–Crippen MR) is 46.7 cm³/mol. The summed E-state index contributed by atoms with van der Waals surface area (Å²) in [7, 11) is 0. The molecule has 1 N–H and O–H groups in total. The van der Waals surface area contributed by atoms with Gasteiger partial charge in [0.15, 0.2) is 6.10 Å². The van der Waals surface area contributed by atoms with E-state index in [1.165, 1.54) is 0 Å². The molecule has 13 heavy (non-hydrogen) atoms. The lowest BCUT2D eigenvalue weighted by Crippen LogP contribution is -2.37. The Bertz CT molecular complexity index is 163. The first kappa shape index (κ1) is 11.3. The van der Waals surface area contributed by atoms with Crippen LogP contribution in [0.2, 0.25) is 0 Å². The van der Waals surface area contributed by atoms with Gasteiger partial charge < -0.3 is 5.11 Å². The lowest BCUT2D eigenvalue weighted by Gasteiger charge is -2.30. The average Bonchev–Trinajstić information content (AvgIpc) is 2.03. The topological polar surface area (TPSA) is 20.2 Å². The molecule has 0 radical (unpaired) electrons. The highest BCUT2D eigenvalue weighted by Gasteiger charge is 2.43. The summed E-state index contributed by atoms with van der Waals surface area (Å²) in [6.45, 7) is 0. The molecule has 0 heterocycles. The molecule has 0 aliphatic heterocycles. The number of rotatable bonds is 1. The van der Waals surface area contributed by atoms with E-state index in [0.717, 1.165) is 12.8 Å². The molecule has 0 aromatic carbocycles. The number of aliphatic hydroxyl groups is 1. The standard InChI is InChI=1S/C8H12BrF3O/c9-6-3-1-5(2-4-6)7(13)8(10,11)12/h5-7,13H,1-4H2. The van der Waals surface area contributed by atoms with Crippen molar-refractivity contribution < 1.29 is 18.3 Å². The summed E-state index contributed by atoms with van der Waals surface area (Å²) < 4.78 is 36.2. The Labute approximate surface area is 83.4 Å². The van der Waals surface area contributed by atoms with Crippen molar-refractivity contribution in [2.45, 2.75) is 42.8 Å². The van der Waals surface area contributed by atoms with Crippen LogP contribution in [-0.2, 0) is 0 Å². The zero-order chi connectivity index (χ0) is 10.1. The molecule has 0 spiro atoms. The Kier molecular flexibility index (Phi) is 3.63. The molecule has 0 amide bonds. The molecule has 0 aromatic rings. The van der Waals surface area contributed by atoms with Crippen molar-refractivity contribution in [1.29, 1.82) is 0 Å². The van der Waals surface area contributed by atoms with Gasteiger partial charge in [-0.05, 0) is 31.6 Å². The van der Waals surface area contributed by atoms with Crippen molar-refractivity contribution in [2.24, 2.45) is 5.92 Å². The smallest absolute Gasteiger partial charge is 0.383 e. The summed E-state index contributed by atoms with van der Waals surface area (Å²) in [6.07, 6.45) is -4.24. The molecule has 1 rings (SSSR count). The summed E-state index contributed by atoms with van der Waals surface area (Å²) >= 11 is 3.35. The molecule has 0 aromatic heterocycles. The maximum absolute atomic E-state index is 12.1. The van der Waals surface area contributed by atoms with Crippen molar-refractivity contribution in [3.63, 3.8) is 0 Å². The number of hydrogen-bond acceptors (Lipinski definition) is 1. The van der Waals surface area contributed by atoms with Gasteiger partial charge in [0.05, 0.1) is 0 Å². The van der Waals surface area contributed by atoms with Gasteiger partial charge in [0.1, 0.15) is 0 Å². The van der Waals surface area contributed by atoms with E-state index in [-0.39, 0.29) is 0 Å². The summed E-state index contributed by atoms with van der Waals surface area (Å²) in [4.78, 5) is 0.323. The molecule has 1 aliphatic rings. The van der Waals surface area contributed by atoms with E-state index in [1.807, 2.05) is 0 Å². The fourth-order valence-corrected chi connectivity index (χ4v) is 2.19. The highest BCUT2D eigenvalue weighted by Crippen LogP contribution is 2.36. The van der Waals surface area contributed by atoms with Crippen molar-refractivity contribution >= 4 is 15.9 Å². The quantitative estimate of drug-likeness (QED) is 0.719. The molecule has 5 heteroatoms. The summed E-state index contributed by atoms with van der Waals surface area (Å²) in [5.74, 6) is -0.603. The minimum Gasteiger partial charge on any atom is -0.383 e. The van der Waals surface area contributed by atoms with Gasteiger partial charge in [-0.1, -0.05) is 15.9 Å². The van der Waals surface area contributed by atoms with E-state index >= 15 is 0 Å². The molecular weight excluding hydrogens is 249 g/mol. The van der Waals surface area contributed by atoms with Crippen LogP contribution in [0.1, 0.15) is 25.7 Å². The van der Waals surface area contributed by atoms with Gasteiger partial charge in [-0.3, -0.25) is 0 Å². The highest BCUT2D eigenvalue weighted by molar-refractivity contribution is 9.09. The van der Waals surface area contributed by atoms with Gasteiger partial charge in [-0.25, -0.2) is 0 Å². The number of alkyl halides is 4. The normalized spacial score (nSPS) is 33.0. The Hall–Kier alpha value is 0.230. The molecule has 0 bridgehead atoms. The zero-order valence-electron chi connectivity index (χ0n) is 7.02. The SMILES string of the molecule is OC(C1CCC(Br)CC1)C(F)(F)F. The molecule has 0 saturated heterocycles. The largest absolute Gasteiger partial charge is 0.414 e. The first-order valence-electron chi connectivity index (χ1n) is 4.30. The maximum atomic E-state index is 12.1. The van der Waals surface area contributed by atoms with Crippen LogP contribution >= 0.6 is 15.9 Å². The second kappa shape index (κ2) is 4.17. The summed E-state index contributed by atoms with van der Waals surface area (Å²) in [5, 5.41) is 8.96. The number of aliphatic hydroxyl groups excluding tert-OH is 1. The molecule has 1 nitrogen and oxygen atoms in total. The van der Waals surface area contributed by atoms with E-state index in [2.05, 4.69) is 15.9 Å². The minimum atomic E-state index is -4.45. The van der Waals surface area contributed by atoms with Crippen LogP contribution in [-0.4, -0.2) is 22.2 Å². The third-order valence-corrected chi connectivity index (χ3v) is 3.40. The highest BCUT2D eigenvalue weighted by atomic mass is 79.9. The Morgan fingerprint density at radius 2 is 1.62 bits per heavy atom. The van der Waals surface area contributed by atoms with Crippen LogP contribution in [0, 0.1) is 5.92 Å². The Morgan fingerprint density at radius 3 is 2.00 bits per heavy atom. The summed E-state index contributed by atoms with van der Waals surface area (Å²) in [5.41, 5.74) is 0. The predicted octanol–water partition coefficient (Wildman–Crippen LogP) is 2.86. The van der Waals surface area contributed by atoms with E-state index in [9.17, 15) is 13.2 Å². The first-order chi connectivity index (χ1) is 5.91. The van der Waals surface area contributed by atoms with E-state index in [0.29, 0.717) is 17.7 Å². The minimum absolute atomic E-state index is 0.323. The molecule has 1 atom stereocenters. The van der Waals surface area contributed by atoms with Crippen LogP contribution in [0.15, 0.2) is 0 Å². The lowest BCUT2D eigenvalue weighted by atomic mass is 9.85. The Balaban J connectivity index is 2.45. The molecule has 78 valence electrons. The van der Waals surface area contributed by atoms with Crippen LogP contribution in [0.4, 0.5) is 13.2 Å². The number of hydrogen-bond donors (Lipinski definition) is 1. The molecule has 1 aliphatic carbocycles. The van der Waals surface area contributed by atoms with Gasteiger partial charge in [-0.2, -0.15) is 13.2 Å². The van der Waals surface area contributed by atoms with Gasteiger partial charge in [0.25, 0.3) is 0 Å². The fourth-order valence-electron chi connectivity index (χ4n) is 1.66. The second-order valence-corrected chi connectivity index (χ2v) is 4.79. The average molecular weight is 261 g/mol. The zero-order valence-corrected chi connectivity index (χ0v) is 8.61. The van der Waals surface area contributed by atoms with Crippen LogP contribution in [0.5, 0.6) is 0 Å². The van der Waals surface area contributed by atoms with Crippen LogP contribution in [0.3, 0.4) is 0 Å². The van der Waals surface area contributed by atoms with E-state index in [4.69, 9.17) is 5.11 Å². The Morgan fingerprint density at radius 1 is 1.15 bits per heavy atom. The third-order valence-electron chi connectivity index (χ3n) is 2.48. The molecular formula is C8H12BrF3O. The second-order valence-electron chi connectivity index (χ2n) is 3.50. The molecule has 1 saturated carbocycles. The monoisotopic (exact) mass is 260 g/mol. The van der Waals surface area contributed by atoms with Crippen molar-refractivity contribution in [1.82, 2.24) is 0 Å².